The van der Waals surface area contributed by atoms with Crippen molar-refractivity contribution in [3.05, 3.63) is 0 Å². The molecular weight excluding hydrogens is 194 g/mol. The first-order valence-corrected chi connectivity index (χ1v) is 5.32. The molecule has 0 spiro atoms. The zero-order valence-electron chi connectivity index (χ0n) is 9.72. The summed E-state index contributed by atoms with van der Waals surface area (Å²) in [5.74, 6) is 5.28. The van der Waals surface area contributed by atoms with Gasteiger partial charge in [-0.1, -0.05) is 0 Å². The Balaban J connectivity index is 2.42. The van der Waals surface area contributed by atoms with Gasteiger partial charge in [-0.25, -0.2) is 4.79 Å². The zero-order valence-corrected chi connectivity index (χ0v) is 9.72. The molecule has 0 radical (unpaired) electrons. The molecule has 0 saturated heterocycles. The van der Waals surface area contributed by atoms with Crippen LogP contribution in [0.15, 0.2) is 0 Å². The molecule has 15 heavy (non-hydrogen) atoms. The number of nitrogens with two attached hydrogens (primary N) is 1. The molecular formula is C10H21N3O2. The van der Waals surface area contributed by atoms with Crippen LogP contribution in [0.25, 0.3) is 0 Å². The van der Waals surface area contributed by atoms with Crippen LogP contribution in [0.3, 0.4) is 0 Å². The van der Waals surface area contributed by atoms with Crippen molar-refractivity contribution in [3.63, 3.8) is 0 Å². The Morgan fingerprint density at radius 3 is 2.40 bits per heavy atom. The maximum atomic E-state index is 11.5. The number of carbonyl (C=O) groups is 1. The topological polar surface area (TPSA) is 76.4 Å². The van der Waals surface area contributed by atoms with Crippen LogP contribution in [-0.4, -0.2) is 23.8 Å². The second kappa shape index (κ2) is 4.37. The van der Waals surface area contributed by atoms with E-state index in [0.29, 0.717) is 6.54 Å². The van der Waals surface area contributed by atoms with Crippen molar-refractivity contribution in [2.24, 2.45) is 5.84 Å². The molecule has 0 atom stereocenters. The lowest BCUT2D eigenvalue weighted by Crippen LogP contribution is -2.60. The van der Waals surface area contributed by atoms with Crippen LogP contribution in [0.4, 0.5) is 4.79 Å². The van der Waals surface area contributed by atoms with Crippen LogP contribution in [0.1, 0.15) is 40.0 Å². The van der Waals surface area contributed by atoms with Crippen LogP contribution in [0.2, 0.25) is 0 Å². The van der Waals surface area contributed by atoms with Gasteiger partial charge in [-0.15, -0.1) is 0 Å². The maximum Gasteiger partial charge on any atom is 0.408 e. The van der Waals surface area contributed by atoms with Crippen molar-refractivity contribution >= 4 is 6.09 Å². The molecule has 5 heteroatoms. The Labute approximate surface area is 90.7 Å². The second-order valence-electron chi connectivity index (χ2n) is 5.14. The maximum absolute atomic E-state index is 11.5. The third kappa shape index (κ3) is 3.68. The molecule has 0 heterocycles. The number of hydrogen-bond acceptors (Lipinski definition) is 4. The van der Waals surface area contributed by atoms with Crippen LogP contribution in [0.5, 0.6) is 0 Å². The number of hydrazine groups is 1. The Bertz CT molecular complexity index is 231. The highest BCUT2D eigenvalue weighted by molar-refractivity contribution is 5.69. The summed E-state index contributed by atoms with van der Waals surface area (Å²) >= 11 is 0. The van der Waals surface area contributed by atoms with Crippen molar-refractivity contribution < 1.29 is 9.53 Å². The Morgan fingerprint density at radius 2 is 2.07 bits per heavy atom. The van der Waals surface area contributed by atoms with E-state index in [0.717, 1.165) is 19.3 Å². The number of ether oxygens (including phenoxy) is 1. The molecule has 0 unspecified atom stereocenters. The summed E-state index contributed by atoms with van der Waals surface area (Å²) in [6.07, 6.45) is 2.67. The summed E-state index contributed by atoms with van der Waals surface area (Å²) in [6.45, 7) is 6.13. The molecule has 88 valence electrons. The van der Waals surface area contributed by atoms with Crippen LogP contribution >= 0.6 is 0 Å². The average molecular weight is 215 g/mol. The van der Waals surface area contributed by atoms with E-state index in [1.807, 2.05) is 20.8 Å². The first-order chi connectivity index (χ1) is 6.87. The predicted octanol–water partition coefficient (Wildman–Crippen LogP) is 0.897. The second-order valence-corrected chi connectivity index (χ2v) is 5.14. The number of hydrogen-bond donors (Lipinski definition) is 3. The van der Waals surface area contributed by atoms with Crippen LogP contribution in [0, 0.1) is 0 Å². The minimum Gasteiger partial charge on any atom is -0.444 e. The molecule has 0 aromatic carbocycles. The normalized spacial score (nSPS) is 19.2. The Morgan fingerprint density at radius 1 is 1.47 bits per heavy atom. The quantitative estimate of drug-likeness (QED) is 0.483. The minimum atomic E-state index is -0.453. The van der Waals surface area contributed by atoms with E-state index >= 15 is 0 Å². The molecule has 1 rings (SSSR count). The lowest BCUT2D eigenvalue weighted by molar-refractivity contribution is 0.0383. The van der Waals surface area contributed by atoms with Gasteiger partial charge < -0.3 is 10.1 Å². The number of nitrogens with one attached hydrogen (secondary N) is 2. The van der Waals surface area contributed by atoms with E-state index in [2.05, 4.69) is 10.7 Å². The van der Waals surface area contributed by atoms with Gasteiger partial charge in [-0.2, -0.15) is 0 Å². The lowest BCUT2D eigenvalue weighted by Gasteiger charge is -2.42. The fourth-order valence-corrected chi connectivity index (χ4v) is 1.67. The molecule has 1 amide bonds. The molecule has 1 saturated carbocycles. The van der Waals surface area contributed by atoms with E-state index < -0.39 is 5.60 Å². The van der Waals surface area contributed by atoms with Crippen molar-refractivity contribution in [1.29, 1.82) is 0 Å². The van der Waals surface area contributed by atoms with E-state index in [1.165, 1.54) is 0 Å². The predicted molar refractivity (Wildman–Crippen MR) is 58.1 cm³/mol. The Kier molecular flexibility index (Phi) is 3.57. The van der Waals surface area contributed by atoms with Crippen molar-refractivity contribution in [2.45, 2.75) is 51.2 Å². The van der Waals surface area contributed by atoms with Crippen molar-refractivity contribution in [1.82, 2.24) is 10.7 Å². The fraction of sp³-hybridized carbons (Fsp3) is 0.900. The highest BCUT2D eigenvalue weighted by Crippen LogP contribution is 2.31. The van der Waals surface area contributed by atoms with Gasteiger partial charge in [0.25, 0.3) is 0 Å². The number of amides is 1. The van der Waals surface area contributed by atoms with Crippen molar-refractivity contribution in [2.75, 3.05) is 6.54 Å². The molecule has 5 nitrogen and oxygen atoms in total. The number of rotatable bonds is 3. The molecule has 1 fully saturated rings. The Hall–Kier alpha value is -0.810. The van der Waals surface area contributed by atoms with Gasteiger partial charge in [-0.3, -0.25) is 11.3 Å². The van der Waals surface area contributed by atoms with Crippen molar-refractivity contribution in [3.8, 4) is 0 Å². The summed E-state index contributed by atoms with van der Waals surface area (Å²) in [5.41, 5.74) is 1.96. The molecule has 0 aliphatic heterocycles. The third-order valence-corrected chi connectivity index (χ3v) is 2.52. The third-order valence-electron chi connectivity index (χ3n) is 2.52. The van der Waals surface area contributed by atoms with Gasteiger partial charge in [0.2, 0.25) is 0 Å². The molecule has 0 bridgehead atoms. The first-order valence-electron chi connectivity index (χ1n) is 5.32. The summed E-state index contributed by atoms with van der Waals surface area (Å²) in [4.78, 5) is 11.5. The SMILES string of the molecule is CC(C)(C)OC(=O)NC1(CNN)CCC1. The first kappa shape index (κ1) is 12.3. The fourth-order valence-electron chi connectivity index (χ4n) is 1.67. The summed E-state index contributed by atoms with van der Waals surface area (Å²) in [7, 11) is 0. The molecule has 1 aliphatic carbocycles. The van der Waals surface area contributed by atoms with Gasteiger partial charge >= 0.3 is 6.09 Å². The van der Waals surface area contributed by atoms with Gasteiger partial charge in [0.1, 0.15) is 5.60 Å². The summed E-state index contributed by atoms with van der Waals surface area (Å²) in [5, 5.41) is 2.88. The minimum absolute atomic E-state index is 0.197. The largest absolute Gasteiger partial charge is 0.444 e. The van der Waals surface area contributed by atoms with Gasteiger partial charge in [-0.05, 0) is 40.0 Å². The van der Waals surface area contributed by atoms with E-state index in [-0.39, 0.29) is 11.6 Å². The number of alkyl carbamates (subject to hydrolysis) is 1. The summed E-state index contributed by atoms with van der Waals surface area (Å²) < 4.78 is 5.20. The highest BCUT2D eigenvalue weighted by atomic mass is 16.6. The lowest BCUT2D eigenvalue weighted by atomic mass is 9.77. The van der Waals surface area contributed by atoms with E-state index in [4.69, 9.17) is 10.6 Å². The molecule has 1 aliphatic rings. The monoisotopic (exact) mass is 215 g/mol. The smallest absolute Gasteiger partial charge is 0.408 e. The van der Waals surface area contributed by atoms with Crippen LogP contribution in [-0.2, 0) is 4.74 Å². The highest BCUT2D eigenvalue weighted by Gasteiger charge is 2.38. The van der Waals surface area contributed by atoms with Crippen LogP contribution < -0.4 is 16.6 Å². The molecule has 4 N–H and O–H groups in total. The number of carbonyl (C=O) groups excluding carboxylic acids is 1. The molecule has 0 aromatic rings. The summed E-state index contributed by atoms with van der Waals surface area (Å²) in [6, 6.07) is 0. The average Bonchev–Trinajstić information content (AvgIpc) is 1.96. The van der Waals surface area contributed by atoms with Gasteiger partial charge in [0, 0.05) is 6.54 Å². The van der Waals surface area contributed by atoms with E-state index in [9.17, 15) is 4.79 Å². The van der Waals surface area contributed by atoms with Gasteiger partial charge in [0.15, 0.2) is 0 Å². The zero-order chi connectivity index (χ0) is 11.5. The molecule has 0 aromatic heterocycles. The van der Waals surface area contributed by atoms with E-state index in [1.54, 1.807) is 0 Å². The standard InChI is InChI=1S/C10H21N3O2/c1-9(2,3)15-8(14)13-10(7-12-11)5-4-6-10/h12H,4-7,11H2,1-3H3,(H,13,14). The van der Waals surface area contributed by atoms with Gasteiger partial charge in [0.05, 0.1) is 5.54 Å².